The molecule has 8 heteroatoms. The maximum atomic E-state index is 13.1. The minimum atomic E-state index is -0.152. The number of hydrogen-bond donors (Lipinski definition) is 0. The zero-order chi connectivity index (χ0) is 19.7. The summed E-state index contributed by atoms with van der Waals surface area (Å²) in [5, 5.41) is 5.00. The van der Waals surface area contributed by atoms with E-state index in [0.717, 1.165) is 19.4 Å². The molecule has 1 aliphatic rings. The number of anilines is 1. The van der Waals surface area contributed by atoms with Crippen LogP contribution in [0.15, 0.2) is 46.0 Å². The standard InChI is InChI=1S/C20H23N5O3/c1-23-18(26)10-9-17(22-23)24-11-5-8-16(24)19-21-15-7-4-3-6-14(15)20(27)25(19)12-13-28-2/h3-4,6-7,9-10,16H,5,8,11-13H2,1-2H3. The average Bonchev–Trinajstić information content (AvgIpc) is 3.19. The minimum Gasteiger partial charge on any atom is -0.383 e. The second-order valence-corrected chi connectivity index (χ2v) is 6.94. The Balaban J connectivity index is 1.85. The molecule has 1 fully saturated rings. The molecule has 2 aromatic heterocycles. The summed E-state index contributed by atoms with van der Waals surface area (Å²) in [7, 11) is 3.26. The highest BCUT2D eigenvalue weighted by atomic mass is 16.5. The van der Waals surface area contributed by atoms with Gasteiger partial charge in [-0.3, -0.25) is 14.2 Å². The van der Waals surface area contributed by atoms with E-state index in [4.69, 9.17) is 9.72 Å². The van der Waals surface area contributed by atoms with E-state index in [0.29, 0.717) is 35.7 Å². The van der Waals surface area contributed by atoms with Crippen LogP contribution in [-0.4, -0.2) is 39.6 Å². The Bertz CT molecular complexity index is 1120. The van der Waals surface area contributed by atoms with Crippen molar-refractivity contribution in [3.63, 3.8) is 0 Å². The minimum absolute atomic E-state index is 0.0575. The molecule has 1 unspecified atom stereocenters. The predicted molar refractivity (Wildman–Crippen MR) is 107 cm³/mol. The van der Waals surface area contributed by atoms with Crippen LogP contribution >= 0.6 is 0 Å². The third-order valence-electron chi connectivity index (χ3n) is 5.20. The van der Waals surface area contributed by atoms with Crippen molar-refractivity contribution in [2.45, 2.75) is 25.4 Å². The lowest BCUT2D eigenvalue weighted by molar-refractivity contribution is 0.184. The molecule has 0 radical (unpaired) electrons. The van der Waals surface area contributed by atoms with Crippen LogP contribution in [0.3, 0.4) is 0 Å². The third-order valence-corrected chi connectivity index (χ3v) is 5.20. The predicted octanol–water partition coefficient (Wildman–Crippen LogP) is 1.48. The van der Waals surface area contributed by atoms with Gasteiger partial charge in [-0.1, -0.05) is 12.1 Å². The molecule has 1 saturated heterocycles. The van der Waals surface area contributed by atoms with Crippen molar-refractivity contribution < 1.29 is 4.74 Å². The number of aryl methyl sites for hydroxylation is 1. The molecular weight excluding hydrogens is 358 g/mol. The highest BCUT2D eigenvalue weighted by Gasteiger charge is 2.31. The molecule has 3 aromatic rings. The summed E-state index contributed by atoms with van der Waals surface area (Å²) in [6, 6.07) is 10.6. The van der Waals surface area contributed by atoms with E-state index in [9.17, 15) is 9.59 Å². The Kier molecular flexibility index (Phi) is 4.95. The highest BCUT2D eigenvalue weighted by Crippen LogP contribution is 2.34. The van der Waals surface area contributed by atoms with Crippen LogP contribution in [0, 0.1) is 0 Å². The van der Waals surface area contributed by atoms with Gasteiger partial charge in [-0.15, -0.1) is 0 Å². The van der Waals surface area contributed by atoms with Crippen LogP contribution < -0.4 is 16.0 Å². The van der Waals surface area contributed by atoms with Gasteiger partial charge in [0.25, 0.3) is 11.1 Å². The molecule has 0 aliphatic carbocycles. The van der Waals surface area contributed by atoms with Crippen LogP contribution in [0.5, 0.6) is 0 Å². The SMILES string of the molecule is COCCn1c(C2CCCN2c2ccc(=O)n(C)n2)nc2ccccc2c1=O. The zero-order valence-corrected chi connectivity index (χ0v) is 16.0. The molecule has 0 amide bonds. The summed E-state index contributed by atoms with van der Waals surface area (Å²) in [5.41, 5.74) is 0.481. The Hall–Kier alpha value is -3.00. The lowest BCUT2D eigenvalue weighted by Gasteiger charge is -2.27. The molecule has 146 valence electrons. The molecule has 28 heavy (non-hydrogen) atoms. The molecule has 1 atom stereocenters. The quantitative estimate of drug-likeness (QED) is 0.666. The van der Waals surface area contributed by atoms with E-state index in [-0.39, 0.29) is 17.2 Å². The normalized spacial score (nSPS) is 16.8. The lowest BCUT2D eigenvalue weighted by atomic mass is 10.1. The van der Waals surface area contributed by atoms with Crippen LogP contribution in [-0.2, 0) is 18.3 Å². The first kappa shape index (κ1) is 18.4. The van der Waals surface area contributed by atoms with E-state index in [1.165, 1.54) is 10.7 Å². The van der Waals surface area contributed by atoms with E-state index in [1.807, 2.05) is 18.2 Å². The molecule has 0 spiro atoms. The Labute approximate surface area is 162 Å². The molecule has 8 nitrogen and oxygen atoms in total. The van der Waals surface area contributed by atoms with Gasteiger partial charge in [-0.2, -0.15) is 5.10 Å². The summed E-state index contributed by atoms with van der Waals surface area (Å²) in [4.78, 5) is 31.8. The first-order chi connectivity index (χ1) is 13.6. The zero-order valence-electron chi connectivity index (χ0n) is 16.0. The van der Waals surface area contributed by atoms with Gasteiger partial charge in [-0.05, 0) is 31.0 Å². The summed E-state index contributed by atoms with van der Waals surface area (Å²) in [6.45, 7) is 1.66. The van der Waals surface area contributed by atoms with Gasteiger partial charge in [0.2, 0.25) is 0 Å². The Morgan fingerprint density at radius 2 is 2.00 bits per heavy atom. The largest absolute Gasteiger partial charge is 0.383 e. The summed E-state index contributed by atoms with van der Waals surface area (Å²) >= 11 is 0. The maximum absolute atomic E-state index is 13.1. The lowest BCUT2D eigenvalue weighted by Crippen LogP contribution is -2.34. The summed E-state index contributed by atoms with van der Waals surface area (Å²) in [6.07, 6.45) is 1.82. The van der Waals surface area contributed by atoms with Crippen molar-refractivity contribution >= 4 is 16.7 Å². The number of nitrogens with zero attached hydrogens (tertiary/aromatic N) is 5. The van der Waals surface area contributed by atoms with Crippen molar-refractivity contribution in [3.05, 3.63) is 62.9 Å². The number of methoxy groups -OCH3 is 1. The van der Waals surface area contributed by atoms with E-state index >= 15 is 0 Å². The molecule has 0 bridgehead atoms. The summed E-state index contributed by atoms with van der Waals surface area (Å²) < 4.78 is 8.27. The molecule has 3 heterocycles. The van der Waals surface area contributed by atoms with E-state index < -0.39 is 0 Å². The molecular formula is C20H23N5O3. The fourth-order valence-corrected chi connectivity index (χ4v) is 3.79. The number of benzene rings is 1. The van der Waals surface area contributed by atoms with E-state index in [1.54, 1.807) is 30.9 Å². The fraction of sp³-hybridized carbons (Fsp3) is 0.400. The van der Waals surface area contributed by atoms with Crippen LogP contribution in [0.1, 0.15) is 24.7 Å². The number of aromatic nitrogens is 4. The monoisotopic (exact) mass is 381 g/mol. The average molecular weight is 381 g/mol. The molecule has 0 saturated carbocycles. The smallest absolute Gasteiger partial charge is 0.266 e. The van der Waals surface area contributed by atoms with Crippen molar-refractivity contribution in [2.24, 2.45) is 7.05 Å². The van der Waals surface area contributed by atoms with Gasteiger partial charge in [0.05, 0.1) is 30.1 Å². The van der Waals surface area contributed by atoms with Gasteiger partial charge < -0.3 is 9.64 Å². The van der Waals surface area contributed by atoms with Crippen molar-refractivity contribution in [1.82, 2.24) is 19.3 Å². The number of hydrogen-bond acceptors (Lipinski definition) is 6. The number of ether oxygens (including phenoxy) is 1. The Morgan fingerprint density at radius 1 is 1.18 bits per heavy atom. The van der Waals surface area contributed by atoms with Crippen molar-refractivity contribution in [1.29, 1.82) is 0 Å². The van der Waals surface area contributed by atoms with E-state index in [2.05, 4.69) is 10.00 Å². The summed E-state index contributed by atoms with van der Waals surface area (Å²) in [5.74, 6) is 1.43. The van der Waals surface area contributed by atoms with Crippen LogP contribution in [0.25, 0.3) is 10.9 Å². The Morgan fingerprint density at radius 3 is 2.79 bits per heavy atom. The first-order valence-electron chi connectivity index (χ1n) is 9.39. The van der Waals surface area contributed by atoms with Gasteiger partial charge in [0.1, 0.15) is 11.6 Å². The number of para-hydroxylation sites is 1. The van der Waals surface area contributed by atoms with Gasteiger partial charge in [0, 0.05) is 26.8 Å². The second-order valence-electron chi connectivity index (χ2n) is 6.94. The van der Waals surface area contributed by atoms with Crippen LogP contribution in [0.4, 0.5) is 5.82 Å². The number of rotatable bonds is 5. The van der Waals surface area contributed by atoms with Crippen LogP contribution in [0.2, 0.25) is 0 Å². The fourth-order valence-electron chi connectivity index (χ4n) is 3.79. The first-order valence-corrected chi connectivity index (χ1v) is 9.39. The highest BCUT2D eigenvalue weighted by molar-refractivity contribution is 5.77. The topological polar surface area (TPSA) is 82.2 Å². The number of fused-ring (bicyclic) bond motifs is 1. The van der Waals surface area contributed by atoms with Crippen molar-refractivity contribution in [3.8, 4) is 0 Å². The molecule has 1 aromatic carbocycles. The molecule has 0 N–H and O–H groups in total. The molecule has 4 rings (SSSR count). The van der Waals surface area contributed by atoms with Gasteiger partial charge in [0.15, 0.2) is 0 Å². The third kappa shape index (κ3) is 3.20. The maximum Gasteiger partial charge on any atom is 0.266 e. The second kappa shape index (κ2) is 7.55. The van der Waals surface area contributed by atoms with Gasteiger partial charge in [-0.25, -0.2) is 9.67 Å². The molecule has 1 aliphatic heterocycles. The van der Waals surface area contributed by atoms with Crippen molar-refractivity contribution in [2.75, 3.05) is 25.2 Å². The van der Waals surface area contributed by atoms with Gasteiger partial charge >= 0.3 is 0 Å².